The summed E-state index contributed by atoms with van der Waals surface area (Å²) in [5.74, 6) is 1.22. The average molecular weight is 354 g/mol. The lowest BCUT2D eigenvalue weighted by Crippen LogP contribution is -2.39. The van der Waals surface area contributed by atoms with Crippen molar-refractivity contribution in [3.05, 3.63) is 42.2 Å². The number of hydrogen-bond donors (Lipinski definition) is 1. The molecule has 3 aromatic rings. The van der Waals surface area contributed by atoms with E-state index in [1.54, 1.807) is 24.5 Å². The zero-order valence-corrected chi connectivity index (χ0v) is 14.4. The largest absolute Gasteiger partial charge is 0.352 e. The van der Waals surface area contributed by atoms with E-state index in [2.05, 4.69) is 28.9 Å². The van der Waals surface area contributed by atoms with Crippen molar-refractivity contribution < 1.29 is 4.79 Å². The van der Waals surface area contributed by atoms with Gasteiger partial charge in [-0.3, -0.25) is 4.79 Å². The highest BCUT2D eigenvalue weighted by Crippen LogP contribution is 2.20. The lowest BCUT2D eigenvalue weighted by atomic mass is 9.97. The van der Waals surface area contributed by atoms with E-state index in [1.165, 1.54) is 0 Å². The van der Waals surface area contributed by atoms with Gasteiger partial charge in [-0.15, -0.1) is 0 Å². The normalized spacial score (nSPS) is 15.4. The molecule has 128 valence electrons. The van der Waals surface area contributed by atoms with E-state index in [1.807, 2.05) is 12.1 Å². The Hall–Kier alpha value is -2.61. The minimum Gasteiger partial charge on any atom is -0.352 e. The maximum Gasteiger partial charge on any atom is 0.251 e. The number of fused-ring (bicyclic) bond motifs is 1. The van der Waals surface area contributed by atoms with Gasteiger partial charge in [-0.05, 0) is 43.0 Å². The average Bonchev–Trinajstić information content (AvgIpc) is 3.15. The Morgan fingerprint density at radius 1 is 1.16 bits per heavy atom. The summed E-state index contributed by atoms with van der Waals surface area (Å²) in [4.78, 5) is 23.1. The zero-order valence-electron chi connectivity index (χ0n) is 13.6. The first kappa shape index (κ1) is 15.9. The minimum absolute atomic E-state index is 0.0521. The van der Waals surface area contributed by atoms with Gasteiger partial charge in [-0.25, -0.2) is 9.97 Å². The number of hydrogen-bond acceptors (Lipinski definition) is 7. The topological polar surface area (TPSA) is 83.9 Å². The molecule has 3 heterocycles. The fraction of sp³-hybridized carbons (Fsp3) is 0.353. The molecular weight excluding hydrogens is 336 g/mol. The van der Waals surface area contributed by atoms with Crippen LogP contribution in [0.25, 0.3) is 11.0 Å². The van der Waals surface area contributed by atoms with E-state index in [0.29, 0.717) is 18.0 Å². The molecule has 0 atom stereocenters. The first-order chi connectivity index (χ1) is 12.3. The molecule has 8 heteroatoms. The predicted molar refractivity (Wildman–Crippen MR) is 96.7 cm³/mol. The fourth-order valence-corrected chi connectivity index (χ4v) is 3.57. The molecule has 25 heavy (non-hydrogen) atoms. The third-order valence-electron chi connectivity index (χ3n) is 4.52. The molecule has 1 amide bonds. The number of amides is 1. The summed E-state index contributed by atoms with van der Waals surface area (Å²) in [5.41, 5.74) is 2.24. The Morgan fingerprint density at radius 2 is 1.92 bits per heavy atom. The van der Waals surface area contributed by atoms with E-state index < -0.39 is 0 Å². The number of rotatable bonds is 4. The van der Waals surface area contributed by atoms with Crippen LogP contribution in [0.2, 0.25) is 0 Å². The van der Waals surface area contributed by atoms with Crippen molar-refractivity contribution in [3.8, 4) is 0 Å². The van der Waals surface area contributed by atoms with Crippen LogP contribution < -0.4 is 10.2 Å². The third kappa shape index (κ3) is 3.58. The number of aromatic nitrogens is 4. The lowest BCUT2D eigenvalue weighted by Gasteiger charge is -2.31. The lowest BCUT2D eigenvalue weighted by molar-refractivity contribution is 0.0945. The van der Waals surface area contributed by atoms with Crippen molar-refractivity contribution in [1.82, 2.24) is 24.0 Å². The van der Waals surface area contributed by atoms with Crippen molar-refractivity contribution in [2.24, 2.45) is 5.92 Å². The molecule has 1 aliphatic rings. The van der Waals surface area contributed by atoms with Crippen LogP contribution in [0.1, 0.15) is 23.2 Å². The molecule has 1 N–H and O–H groups in total. The van der Waals surface area contributed by atoms with Crippen LogP contribution in [0.3, 0.4) is 0 Å². The van der Waals surface area contributed by atoms with Gasteiger partial charge in [0.15, 0.2) is 0 Å². The molecule has 0 bridgehead atoms. The van der Waals surface area contributed by atoms with Gasteiger partial charge in [0.05, 0.1) is 11.7 Å². The van der Waals surface area contributed by atoms with Crippen LogP contribution in [0.4, 0.5) is 5.95 Å². The molecule has 2 aromatic heterocycles. The first-order valence-electron chi connectivity index (χ1n) is 8.32. The van der Waals surface area contributed by atoms with Crippen LogP contribution in [-0.4, -0.2) is 44.3 Å². The van der Waals surface area contributed by atoms with Gasteiger partial charge >= 0.3 is 0 Å². The Labute approximate surface area is 149 Å². The Kier molecular flexibility index (Phi) is 4.51. The molecule has 0 saturated carbocycles. The van der Waals surface area contributed by atoms with Crippen LogP contribution in [0.5, 0.6) is 0 Å². The summed E-state index contributed by atoms with van der Waals surface area (Å²) < 4.78 is 8.34. The third-order valence-corrected chi connectivity index (χ3v) is 5.07. The number of benzene rings is 1. The van der Waals surface area contributed by atoms with E-state index in [-0.39, 0.29) is 5.91 Å². The molecule has 0 spiro atoms. The van der Waals surface area contributed by atoms with Gasteiger partial charge in [0.1, 0.15) is 11.0 Å². The van der Waals surface area contributed by atoms with Gasteiger partial charge in [0.25, 0.3) is 5.91 Å². The van der Waals surface area contributed by atoms with Gasteiger partial charge in [-0.1, -0.05) is 0 Å². The molecule has 0 radical (unpaired) electrons. The summed E-state index contributed by atoms with van der Waals surface area (Å²) in [5, 5.41) is 3.05. The number of carbonyl (C=O) groups excluding carboxylic acids is 1. The summed E-state index contributed by atoms with van der Waals surface area (Å²) >= 11 is 1.16. The highest BCUT2D eigenvalue weighted by atomic mass is 32.1. The summed E-state index contributed by atoms with van der Waals surface area (Å²) in [6.45, 7) is 2.53. The molecule has 1 saturated heterocycles. The monoisotopic (exact) mass is 354 g/mol. The summed E-state index contributed by atoms with van der Waals surface area (Å²) in [6, 6.07) is 7.26. The molecule has 0 aliphatic carbocycles. The minimum atomic E-state index is -0.0521. The molecular formula is C17H18N6OS. The zero-order chi connectivity index (χ0) is 17.1. The second-order valence-corrected chi connectivity index (χ2v) is 6.69. The van der Waals surface area contributed by atoms with Crippen molar-refractivity contribution >= 4 is 34.6 Å². The smallest absolute Gasteiger partial charge is 0.251 e. The molecule has 1 aromatic carbocycles. The molecule has 1 fully saturated rings. The van der Waals surface area contributed by atoms with E-state index in [9.17, 15) is 4.79 Å². The van der Waals surface area contributed by atoms with E-state index in [4.69, 9.17) is 0 Å². The van der Waals surface area contributed by atoms with Crippen molar-refractivity contribution in [2.45, 2.75) is 12.8 Å². The summed E-state index contributed by atoms with van der Waals surface area (Å²) in [6.07, 6.45) is 5.58. The predicted octanol–water partition coefficient (Wildman–Crippen LogP) is 2.13. The summed E-state index contributed by atoms with van der Waals surface area (Å²) in [7, 11) is 0. The number of piperidine rings is 1. The molecule has 0 unspecified atom stereocenters. The van der Waals surface area contributed by atoms with Crippen LogP contribution in [0, 0.1) is 5.92 Å². The Morgan fingerprint density at radius 3 is 2.72 bits per heavy atom. The SMILES string of the molecule is O=C(NCC1CCN(c2ncccn2)CC1)c1ccc2nsnc2c1. The van der Waals surface area contributed by atoms with E-state index in [0.717, 1.165) is 54.6 Å². The second kappa shape index (κ2) is 7.10. The van der Waals surface area contributed by atoms with Gasteiger partial charge in [-0.2, -0.15) is 8.75 Å². The highest BCUT2D eigenvalue weighted by Gasteiger charge is 2.21. The number of nitrogens with one attached hydrogen (secondary N) is 1. The Balaban J connectivity index is 1.29. The van der Waals surface area contributed by atoms with E-state index >= 15 is 0 Å². The van der Waals surface area contributed by atoms with Crippen LogP contribution in [0.15, 0.2) is 36.7 Å². The number of anilines is 1. The maximum atomic E-state index is 12.4. The fourth-order valence-electron chi connectivity index (χ4n) is 3.05. The second-order valence-electron chi connectivity index (χ2n) is 6.16. The standard InChI is InChI=1S/C17H18N6OS/c24-16(13-2-3-14-15(10-13)22-25-21-14)20-11-12-4-8-23(9-5-12)17-18-6-1-7-19-17/h1-3,6-7,10,12H,4-5,8-9,11H2,(H,20,24). The highest BCUT2D eigenvalue weighted by molar-refractivity contribution is 7.00. The first-order valence-corrected chi connectivity index (χ1v) is 9.05. The van der Waals surface area contributed by atoms with Crippen LogP contribution >= 0.6 is 11.7 Å². The number of nitrogens with zero attached hydrogens (tertiary/aromatic N) is 5. The van der Waals surface area contributed by atoms with Gasteiger partial charge in [0, 0.05) is 37.6 Å². The van der Waals surface area contributed by atoms with Gasteiger partial charge < -0.3 is 10.2 Å². The van der Waals surface area contributed by atoms with Crippen LogP contribution in [-0.2, 0) is 0 Å². The molecule has 4 rings (SSSR count). The van der Waals surface area contributed by atoms with Crippen molar-refractivity contribution in [1.29, 1.82) is 0 Å². The van der Waals surface area contributed by atoms with Gasteiger partial charge in [0.2, 0.25) is 5.95 Å². The molecule has 7 nitrogen and oxygen atoms in total. The quantitative estimate of drug-likeness (QED) is 0.773. The number of carbonyl (C=O) groups is 1. The maximum absolute atomic E-state index is 12.4. The molecule has 1 aliphatic heterocycles. The Bertz CT molecular complexity index is 860. The van der Waals surface area contributed by atoms with Crippen molar-refractivity contribution in [2.75, 3.05) is 24.5 Å². The van der Waals surface area contributed by atoms with Crippen molar-refractivity contribution in [3.63, 3.8) is 0 Å².